The predicted octanol–water partition coefficient (Wildman–Crippen LogP) is 3.14. The minimum Gasteiger partial charge on any atom is -0.497 e. The molecule has 3 amide bonds. The van der Waals surface area contributed by atoms with Crippen molar-refractivity contribution in [2.75, 3.05) is 26.7 Å². The molecule has 0 saturated carbocycles. The number of nitrogens with one attached hydrogen (secondary N) is 1. The molecule has 0 radical (unpaired) electrons. The van der Waals surface area contributed by atoms with Crippen LogP contribution in [0.3, 0.4) is 0 Å². The third kappa shape index (κ3) is 8.51. The van der Waals surface area contributed by atoms with Crippen molar-refractivity contribution < 1.29 is 33.0 Å². The van der Waals surface area contributed by atoms with Crippen LogP contribution in [0.5, 0.6) is 5.75 Å². The zero-order valence-electron chi connectivity index (χ0n) is 25.4. The maximum absolute atomic E-state index is 14.2. The first-order valence-corrected chi connectivity index (χ1v) is 14.7. The molecule has 1 aliphatic carbocycles. The Bertz CT molecular complexity index is 1390. The number of hydrogen-bond donors (Lipinski definition) is 4. The van der Waals surface area contributed by atoms with Gasteiger partial charge in [0.05, 0.1) is 18.6 Å². The van der Waals surface area contributed by atoms with Gasteiger partial charge in [0.15, 0.2) is 0 Å². The van der Waals surface area contributed by atoms with Gasteiger partial charge in [0.2, 0.25) is 17.7 Å². The van der Waals surface area contributed by atoms with E-state index in [2.05, 4.69) is 5.32 Å². The van der Waals surface area contributed by atoms with Gasteiger partial charge in [-0.2, -0.15) is 0 Å². The first-order valence-electron chi connectivity index (χ1n) is 14.7. The number of nitrogens with two attached hydrogens (primary N) is 2. The monoisotopic (exact) mass is 612 g/mol. The molecule has 2 aromatic carbocycles. The van der Waals surface area contributed by atoms with E-state index >= 15 is 0 Å². The van der Waals surface area contributed by atoms with Crippen molar-refractivity contribution in [2.24, 2.45) is 22.8 Å². The van der Waals surface area contributed by atoms with E-state index in [0.29, 0.717) is 38.2 Å². The van der Waals surface area contributed by atoms with E-state index in [1.54, 1.807) is 18.1 Å². The molecule has 2 aromatic rings. The number of rotatable bonds is 16. The van der Waals surface area contributed by atoms with E-state index < -0.39 is 40.9 Å². The van der Waals surface area contributed by atoms with Crippen LogP contribution >= 0.6 is 0 Å². The lowest BCUT2D eigenvalue weighted by molar-refractivity contribution is -0.132. The molecule has 238 valence electrons. The second-order valence-corrected chi connectivity index (χ2v) is 11.1. The third-order valence-corrected chi connectivity index (χ3v) is 7.84. The number of methoxy groups -OCH3 is 1. The molecule has 6 N–H and O–H groups in total. The maximum Gasteiger partial charge on any atom is 0.249 e. The van der Waals surface area contributed by atoms with Crippen LogP contribution in [0.1, 0.15) is 44.2 Å². The number of hydrogen-bond acceptors (Lipinski definition) is 6. The van der Waals surface area contributed by atoms with E-state index in [0.717, 1.165) is 23.8 Å². The first-order chi connectivity index (χ1) is 20.9. The van der Waals surface area contributed by atoms with Crippen molar-refractivity contribution >= 4 is 17.7 Å². The average Bonchev–Trinajstić information content (AvgIpc) is 2.98. The van der Waals surface area contributed by atoms with Crippen LogP contribution in [0.2, 0.25) is 0 Å². The number of ether oxygens (including phenoxy) is 1. The first kappa shape index (κ1) is 34.4. The van der Waals surface area contributed by atoms with E-state index in [4.69, 9.17) is 16.2 Å². The van der Waals surface area contributed by atoms with Crippen molar-refractivity contribution in [1.82, 2.24) is 10.2 Å². The Morgan fingerprint density at radius 3 is 2.27 bits per heavy atom. The van der Waals surface area contributed by atoms with Gasteiger partial charge in [0.25, 0.3) is 0 Å². The Balaban J connectivity index is 2.06. The molecule has 0 aliphatic heterocycles. The average molecular weight is 613 g/mol. The number of aliphatic hydroxyl groups is 1. The van der Waals surface area contributed by atoms with Crippen LogP contribution in [0.25, 0.3) is 0 Å². The Morgan fingerprint density at radius 1 is 1.05 bits per heavy atom. The number of amides is 3. The van der Waals surface area contributed by atoms with Gasteiger partial charge < -0.3 is 31.5 Å². The van der Waals surface area contributed by atoms with Crippen LogP contribution in [-0.4, -0.2) is 60.6 Å². The number of benzene rings is 2. The minimum absolute atomic E-state index is 0.0563. The summed E-state index contributed by atoms with van der Waals surface area (Å²) in [4.78, 5) is 41.3. The van der Waals surface area contributed by atoms with Gasteiger partial charge in [-0.25, -0.2) is 8.78 Å². The molecule has 1 aliphatic rings. The molecule has 3 atom stereocenters. The molecule has 0 saturated heterocycles. The summed E-state index contributed by atoms with van der Waals surface area (Å²) in [6, 6.07) is 10.2. The third-order valence-electron chi connectivity index (χ3n) is 7.84. The summed E-state index contributed by atoms with van der Waals surface area (Å²) in [6.07, 6.45) is 2.27. The second-order valence-electron chi connectivity index (χ2n) is 11.1. The van der Waals surface area contributed by atoms with E-state index in [1.807, 2.05) is 32.0 Å². The summed E-state index contributed by atoms with van der Waals surface area (Å²) in [7, 11) is 1.55. The zero-order valence-corrected chi connectivity index (χ0v) is 25.4. The van der Waals surface area contributed by atoms with Crippen molar-refractivity contribution in [1.29, 1.82) is 0 Å². The second kappa shape index (κ2) is 15.6. The lowest BCUT2D eigenvalue weighted by atomic mass is 9.63. The van der Waals surface area contributed by atoms with Crippen molar-refractivity contribution in [3.05, 3.63) is 88.5 Å². The molecule has 3 rings (SSSR count). The number of primary amides is 2. The summed E-state index contributed by atoms with van der Waals surface area (Å²) in [5, 5.41) is 14.8. The molecule has 1 unspecified atom stereocenters. The molecule has 0 aromatic heterocycles. The van der Waals surface area contributed by atoms with E-state index in [1.165, 1.54) is 12.2 Å². The highest BCUT2D eigenvalue weighted by molar-refractivity contribution is 6.03. The summed E-state index contributed by atoms with van der Waals surface area (Å²) in [5.41, 5.74) is 11.0. The number of carbonyl (C=O) groups excluding carboxylic acids is 3. The molecule has 9 nitrogen and oxygen atoms in total. The predicted molar refractivity (Wildman–Crippen MR) is 163 cm³/mol. The fraction of sp³-hybridized carbons (Fsp3) is 0.424. The Labute approximate surface area is 256 Å². The van der Waals surface area contributed by atoms with Gasteiger partial charge in [0.1, 0.15) is 17.4 Å². The SMILES string of the molecule is CCCN(CCC)C(=O)C1=CC(C(N)=O)=CC(C(N)=O)([C@H](Cc2cc(F)cc(F)c2)[C@@H](O)CNCc2cccc(OC)c2)C1. The van der Waals surface area contributed by atoms with Gasteiger partial charge in [0, 0.05) is 49.3 Å². The molecule has 0 spiro atoms. The highest BCUT2D eigenvalue weighted by Gasteiger charge is 2.49. The lowest BCUT2D eigenvalue weighted by Gasteiger charge is -2.42. The van der Waals surface area contributed by atoms with Crippen LogP contribution in [0.4, 0.5) is 8.78 Å². The number of carbonyl (C=O) groups is 3. The largest absolute Gasteiger partial charge is 0.497 e. The van der Waals surface area contributed by atoms with Crippen LogP contribution in [-0.2, 0) is 27.3 Å². The Hall–Kier alpha value is -4.09. The number of aliphatic hydroxyl groups excluding tert-OH is 1. The smallest absolute Gasteiger partial charge is 0.249 e. The van der Waals surface area contributed by atoms with Crippen molar-refractivity contribution in [3.63, 3.8) is 0 Å². The molecule has 44 heavy (non-hydrogen) atoms. The summed E-state index contributed by atoms with van der Waals surface area (Å²) < 4.78 is 33.8. The quantitative estimate of drug-likeness (QED) is 0.229. The van der Waals surface area contributed by atoms with Crippen LogP contribution in [0.15, 0.2) is 65.8 Å². The van der Waals surface area contributed by atoms with Crippen LogP contribution < -0.4 is 21.5 Å². The van der Waals surface area contributed by atoms with Gasteiger partial charge in [-0.15, -0.1) is 0 Å². The Kier molecular flexibility index (Phi) is 12.2. The van der Waals surface area contributed by atoms with Crippen molar-refractivity contribution in [3.8, 4) is 5.75 Å². The standard InChI is InChI=1S/C33H42F2N4O5/c1-4-9-39(10-5-2)31(42)24-15-23(30(36)41)17-33(18-24,32(37)43)28(14-22-11-25(34)16-26(35)12-22)29(40)20-38-19-21-7-6-8-27(13-21)44-3/h6-8,11-13,15-17,28-29,38,40H,4-5,9-10,14,18-20H2,1-3H3,(H2,36,41)(H2,37,43)/t28-,29+,33?/m1/s1. The zero-order chi connectivity index (χ0) is 32.4. The Morgan fingerprint density at radius 2 is 1.70 bits per heavy atom. The highest BCUT2D eigenvalue weighted by Crippen LogP contribution is 2.44. The number of nitrogens with zero attached hydrogens (tertiary/aromatic N) is 1. The minimum atomic E-state index is -1.80. The normalized spacial score (nSPS) is 17.7. The molecular formula is C33H42F2N4O5. The van der Waals surface area contributed by atoms with Gasteiger partial charge in [-0.3, -0.25) is 14.4 Å². The molecule has 0 bridgehead atoms. The van der Waals surface area contributed by atoms with E-state index in [9.17, 15) is 28.3 Å². The number of halogens is 2. The fourth-order valence-electron chi connectivity index (χ4n) is 5.77. The maximum atomic E-state index is 14.2. The van der Waals surface area contributed by atoms with Gasteiger partial charge in [-0.1, -0.05) is 32.1 Å². The lowest BCUT2D eigenvalue weighted by Crippen LogP contribution is -2.52. The fourth-order valence-corrected chi connectivity index (χ4v) is 5.77. The molecular weight excluding hydrogens is 570 g/mol. The topological polar surface area (TPSA) is 148 Å². The molecule has 0 fully saturated rings. The van der Waals surface area contributed by atoms with Gasteiger partial charge in [-0.05, 0) is 67.2 Å². The summed E-state index contributed by atoms with van der Waals surface area (Å²) in [5.74, 6) is -4.32. The highest BCUT2D eigenvalue weighted by atomic mass is 19.1. The molecule has 0 heterocycles. The summed E-state index contributed by atoms with van der Waals surface area (Å²) in [6.45, 7) is 5.03. The van der Waals surface area contributed by atoms with Crippen molar-refractivity contribution in [2.45, 2.75) is 52.2 Å². The summed E-state index contributed by atoms with van der Waals surface area (Å²) >= 11 is 0. The van der Waals surface area contributed by atoms with Gasteiger partial charge >= 0.3 is 0 Å². The molecule has 11 heteroatoms. The van der Waals surface area contributed by atoms with Crippen LogP contribution in [0, 0.1) is 23.0 Å². The van der Waals surface area contributed by atoms with E-state index in [-0.39, 0.29) is 42.0 Å².